The summed E-state index contributed by atoms with van der Waals surface area (Å²) >= 11 is 5.55. The predicted octanol–water partition coefficient (Wildman–Crippen LogP) is 3.19. The highest BCUT2D eigenvalue weighted by Crippen LogP contribution is 2.29. The highest BCUT2D eigenvalue weighted by molar-refractivity contribution is 6.31. The van der Waals surface area contributed by atoms with E-state index in [2.05, 4.69) is 5.10 Å². The van der Waals surface area contributed by atoms with Crippen molar-refractivity contribution in [2.45, 2.75) is 13.8 Å². The second-order valence-corrected chi connectivity index (χ2v) is 4.26. The van der Waals surface area contributed by atoms with Crippen molar-refractivity contribution in [2.24, 2.45) is 0 Å². The van der Waals surface area contributed by atoms with Gasteiger partial charge in [0.1, 0.15) is 11.5 Å². The molecule has 0 amide bonds. The van der Waals surface area contributed by atoms with Crippen LogP contribution in [0.25, 0.3) is 5.69 Å². The Kier molecular flexibility index (Phi) is 3.04. The molecule has 2 aromatic rings. The molecule has 5 nitrogen and oxygen atoms in total. The minimum atomic E-state index is -0.718. The van der Waals surface area contributed by atoms with Gasteiger partial charge in [-0.1, -0.05) is 11.6 Å². The summed E-state index contributed by atoms with van der Waals surface area (Å²) in [6.45, 7) is 3.48. The molecule has 0 N–H and O–H groups in total. The minimum Gasteiger partial charge on any atom is -0.258 e. The van der Waals surface area contributed by atoms with Crippen LogP contribution in [0.1, 0.15) is 11.4 Å². The Morgan fingerprint density at radius 2 is 2.06 bits per heavy atom. The third kappa shape index (κ3) is 2.06. The summed E-state index contributed by atoms with van der Waals surface area (Å²) in [4.78, 5) is 10.3. The molecule has 0 aliphatic heterocycles. The van der Waals surface area contributed by atoms with E-state index in [1.54, 1.807) is 19.9 Å². The Balaban J connectivity index is 2.73. The van der Waals surface area contributed by atoms with Gasteiger partial charge in [0.05, 0.1) is 15.6 Å². The van der Waals surface area contributed by atoms with E-state index in [0.717, 1.165) is 12.1 Å². The molecule has 1 heterocycles. The number of halogens is 2. The van der Waals surface area contributed by atoms with Gasteiger partial charge < -0.3 is 0 Å². The molecule has 2 rings (SSSR count). The predicted molar refractivity (Wildman–Crippen MR) is 64.7 cm³/mol. The van der Waals surface area contributed by atoms with Crippen molar-refractivity contribution in [3.63, 3.8) is 0 Å². The van der Waals surface area contributed by atoms with Gasteiger partial charge in [-0.25, -0.2) is 9.07 Å². The maximum absolute atomic E-state index is 13.5. The third-order valence-electron chi connectivity index (χ3n) is 2.45. The van der Waals surface area contributed by atoms with Crippen molar-refractivity contribution >= 4 is 17.3 Å². The molecule has 7 heteroatoms. The number of nitro groups is 1. The van der Waals surface area contributed by atoms with E-state index in [9.17, 15) is 14.5 Å². The first-order valence-electron chi connectivity index (χ1n) is 5.07. The number of hydrogen-bond acceptors (Lipinski definition) is 3. The summed E-state index contributed by atoms with van der Waals surface area (Å²) in [6, 6.07) is 3.75. The fraction of sp³-hybridized carbons (Fsp3) is 0.182. The van der Waals surface area contributed by atoms with Crippen LogP contribution in [0.3, 0.4) is 0 Å². The Morgan fingerprint density at radius 3 is 2.56 bits per heavy atom. The van der Waals surface area contributed by atoms with E-state index < -0.39 is 10.7 Å². The average molecular weight is 270 g/mol. The number of aryl methyl sites for hydroxylation is 2. The molecule has 1 aromatic carbocycles. The maximum atomic E-state index is 13.5. The fourth-order valence-electron chi connectivity index (χ4n) is 1.71. The van der Waals surface area contributed by atoms with Gasteiger partial charge in [-0.15, -0.1) is 0 Å². The topological polar surface area (TPSA) is 61.0 Å². The largest absolute Gasteiger partial charge is 0.296 e. The quantitative estimate of drug-likeness (QED) is 0.621. The van der Waals surface area contributed by atoms with Crippen LogP contribution in [0.4, 0.5) is 10.1 Å². The summed E-state index contributed by atoms with van der Waals surface area (Å²) in [5.74, 6) is -0.718. The normalized spacial score (nSPS) is 10.7. The second-order valence-electron chi connectivity index (χ2n) is 3.85. The number of nitrogens with zero attached hydrogens (tertiary/aromatic N) is 3. The van der Waals surface area contributed by atoms with E-state index in [0.29, 0.717) is 11.4 Å². The Morgan fingerprint density at radius 1 is 1.39 bits per heavy atom. The van der Waals surface area contributed by atoms with Crippen LogP contribution < -0.4 is 0 Å². The number of hydrogen-bond donors (Lipinski definition) is 0. The van der Waals surface area contributed by atoms with Crippen molar-refractivity contribution in [3.8, 4) is 5.69 Å². The van der Waals surface area contributed by atoms with Gasteiger partial charge in [0, 0.05) is 17.8 Å². The highest BCUT2D eigenvalue weighted by atomic mass is 35.5. The van der Waals surface area contributed by atoms with Crippen molar-refractivity contribution in [1.29, 1.82) is 0 Å². The van der Waals surface area contributed by atoms with E-state index >= 15 is 0 Å². The molecular formula is C11H9ClFN3O2. The molecule has 0 bridgehead atoms. The Hall–Kier alpha value is -1.95. The van der Waals surface area contributed by atoms with E-state index in [4.69, 9.17) is 11.6 Å². The molecule has 0 radical (unpaired) electrons. The van der Waals surface area contributed by atoms with Crippen LogP contribution in [0, 0.1) is 29.8 Å². The molecule has 0 unspecified atom stereocenters. The Labute approximate surface area is 107 Å². The van der Waals surface area contributed by atoms with E-state index in [1.165, 1.54) is 4.68 Å². The molecular weight excluding hydrogens is 261 g/mol. The smallest absolute Gasteiger partial charge is 0.258 e. The highest BCUT2D eigenvalue weighted by Gasteiger charge is 2.21. The number of nitro benzene ring substituents is 1. The standard InChI is InChI=1S/C11H9ClFN3O2/c1-6-3-7(2)15(14-6)10-5-9(13)8(12)4-11(10)16(17)18/h3-5H,1-2H3. The summed E-state index contributed by atoms with van der Waals surface area (Å²) in [7, 11) is 0. The Bertz CT molecular complexity index is 639. The average Bonchev–Trinajstić information content (AvgIpc) is 2.61. The summed E-state index contributed by atoms with van der Waals surface area (Å²) in [5.41, 5.74) is 1.15. The first kappa shape index (κ1) is 12.5. The van der Waals surface area contributed by atoms with Crippen molar-refractivity contribution < 1.29 is 9.31 Å². The van der Waals surface area contributed by atoms with Crippen LogP contribution >= 0.6 is 11.6 Å². The van der Waals surface area contributed by atoms with Crippen LogP contribution in [-0.4, -0.2) is 14.7 Å². The van der Waals surface area contributed by atoms with Gasteiger partial charge in [-0.2, -0.15) is 5.10 Å². The number of benzene rings is 1. The van der Waals surface area contributed by atoms with Gasteiger partial charge in [-0.05, 0) is 19.9 Å². The van der Waals surface area contributed by atoms with Gasteiger partial charge in [0.25, 0.3) is 5.69 Å². The first-order valence-corrected chi connectivity index (χ1v) is 5.45. The first-order chi connectivity index (χ1) is 8.40. The lowest BCUT2D eigenvalue weighted by Crippen LogP contribution is -2.04. The lowest BCUT2D eigenvalue weighted by atomic mass is 10.2. The van der Waals surface area contributed by atoms with Crippen molar-refractivity contribution in [1.82, 2.24) is 9.78 Å². The van der Waals surface area contributed by atoms with Crippen molar-refractivity contribution in [3.05, 3.63) is 50.5 Å². The number of aromatic nitrogens is 2. The molecule has 0 aliphatic rings. The van der Waals surface area contributed by atoms with Crippen LogP contribution in [0.15, 0.2) is 18.2 Å². The van der Waals surface area contributed by atoms with Gasteiger partial charge in [-0.3, -0.25) is 10.1 Å². The molecule has 0 atom stereocenters. The maximum Gasteiger partial charge on any atom is 0.296 e. The zero-order valence-corrected chi connectivity index (χ0v) is 10.4. The monoisotopic (exact) mass is 269 g/mol. The second kappa shape index (κ2) is 4.38. The third-order valence-corrected chi connectivity index (χ3v) is 2.74. The van der Waals surface area contributed by atoms with Crippen LogP contribution in [0.5, 0.6) is 0 Å². The van der Waals surface area contributed by atoms with Crippen molar-refractivity contribution in [2.75, 3.05) is 0 Å². The summed E-state index contributed by atoms with van der Waals surface area (Å²) in [6.07, 6.45) is 0. The van der Waals surface area contributed by atoms with Gasteiger partial charge in [0.2, 0.25) is 0 Å². The summed E-state index contributed by atoms with van der Waals surface area (Å²) in [5, 5.41) is 14.8. The minimum absolute atomic E-state index is 0.0625. The SMILES string of the molecule is Cc1cc(C)n(-c2cc(F)c(Cl)cc2[N+](=O)[O-])n1. The van der Waals surface area contributed by atoms with E-state index in [1.807, 2.05) is 0 Å². The molecule has 0 spiro atoms. The number of rotatable bonds is 2. The zero-order chi connectivity index (χ0) is 13.4. The molecule has 0 saturated carbocycles. The zero-order valence-electron chi connectivity index (χ0n) is 9.65. The molecule has 0 fully saturated rings. The molecule has 0 saturated heterocycles. The molecule has 94 valence electrons. The molecule has 1 aromatic heterocycles. The molecule has 0 aliphatic carbocycles. The van der Waals surface area contributed by atoms with Crippen LogP contribution in [0.2, 0.25) is 5.02 Å². The lowest BCUT2D eigenvalue weighted by molar-refractivity contribution is -0.384. The van der Waals surface area contributed by atoms with E-state index in [-0.39, 0.29) is 16.4 Å². The van der Waals surface area contributed by atoms with Crippen LogP contribution in [-0.2, 0) is 0 Å². The summed E-state index contributed by atoms with van der Waals surface area (Å²) < 4.78 is 14.8. The van der Waals surface area contributed by atoms with Gasteiger partial charge in [0.15, 0.2) is 0 Å². The fourth-order valence-corrected chi connectivity index (χ4v) is 1.87. The molecule has 18 heavy (non-hydrogen) atoms. The van der Waals surface area contributed by atoms with Gasteiger partial charge >= 0.3 is 0 Å². The lowest BCUT2D eigenvalue weighted by Gasteiger charge is -2.06.